The zero-order valence-corrected chi connectivity index (χ0v) is 10.6. The molecule has 1 unspecified atom stereocenters. The number of nitrogens with two attached hydrogens (primary N) is 1. The Morgan fingerprint density at radius 3 is 2.59 bits per heavy atom. The molecule has 1 atom stereocenters. The Hall–Kier alpha value is -0.900. The van der Waals surface area contributed by atoms with Gasteiger partial charge in [0.15, 0.2) is 0 Å². The molecule has 0 aliphatic rings. The van der Waals surface area contributed by atoms with Crippen LogP contribution in [-0.2, 0) is 15.9 Å². The van der Waals surface area contributed by atoms with Gasteiger partial charge in [0.25, 0.3) is 0 Å². The van der Waals surface area contributed by atoms with Crippen molar-refractivity contribution in [3.8, 4) is 0 Å². The Morgan fingerprint density at radius 2 is 1.94 bits per heavy atom. The van der Waals surface area contributed by atoms with Crippen molar-refractivity contribution < 1.29 is 9.47 Å². The minimum Gasteiger partial charge on any atom is -0.381 e. The van der Waals surface area contributed by atoms with Gasteiger partial charge in [0.05, 0.1) is 12.7 Å². The van der Waals surface area contributed by atoms with E-state index in [9.17, 15) is 0 Å². The van der Waals surface area contributed by atoms with Crippen LogP contribution in [0.2, 0.25) is 0 Å². The number of hydrogen-bond donors (Lipinski definition) is 1. The predicted molar refractivity (Wildman–Crippen MR) is 70.1 cm³/mol. The van der Waals surface area contributed by atoms with Crippen molar-refractivity contribution in [3.63, 3.8) is 0 Å². The van der Waals surface area contributed by atoms with Crippen molar-refractivity contribution in [2.75, 3.05) is 26.4 Å². The topological polar surface area (TPSA) is 44.5 Å². The van der Waals surface area contributed by atoms with Gasteiger partial charge in [-0.2, -0.15) is 0 Å². The lowest BCUT2D eigenvalue weighted by Crippen LogP contribution is -2.25. The summed E-state index contributed by atoms with van der Waals surface area (Å²) < 4.78 is 11.0. The third-order valence-corrected chi connectivity index (χ3v) is 2.63. The fourth-order valence-electron chi connectivity index (χ4n) is 1.66. The third-order valence-electron chi connectivity index (χ3n) is 2.63. The lowest BCUT2D eigenvalue weighted by atomic mass is 10.2. The van der Waals surface area contributed by atoms with Gasteiger partial charge in [-0.1, -0.05) is 30.3 Å². The van der Waals surface area contributed by atoms with Crippen molar-refractivity contribution in [2.24, 2.45) is 5.73 Å². The average Bonchev–Trinajstić information content (AvgIpc) is 2.38. The molecule has 0 saturated heterocycles. The van der Waals surface area contributed by atoms with E-state index in [-0.39, 0.29) is 6.10 Å². The molecular weight excluding hydrogens is 214 g/mol. The molecule has 96 valence electrons. The summed E-state index contributed by atoms with van der Waals surface area (Å²) in [4.78, 5) is 0. The van der Waals surface area contributed by atoms with Gasteiger partial charge in [-0.3, -0.25) is 0 Å². The van der Waals surface area contributed by atoms with Crippen LogP contribution in [0, 0.1) is 0 Å². The highest BCUT2D eigenvalue weighted by atomic mass is 16.5. The number of hydrogen-bond acceptors (Lipinski definition) is 3. The van der Waals surface area contributed by atoms with E-state index in [2.05, 4.69) is 24.3 Å². The van der Waals surface area contributed by atoms with E-state index < -0.39 is 0 Å². The maximum absolute atomic E-state index is 5.58. The van der Waals surface area contributed by atoms with E-state index in [1.807, 2.05) is 13.0 Å². The van der Waals surface area contributed by atoms with Gasteiger partial charge in [-0.25, -0.2) is 0 Å². The highest BCUT2D eigenvalue weighted by molar-refractivity contribution is 5.14. The van der Waals surface area contributed by atoms with E-state index in [0.717, 1.165) is 19.4 Å². The summed E-state index contributed by atoms with van der Waals surface area (Å²) in [5.41, 5.74) is 6.90. The number of benzene rings is 1. The minimum atomic E-state index is 0.136. The second-order valence-corrected chi connectivity index (χ2v) is 3.95. The first-order valence-electron chi connectivity index (χ1n) is 6.30. The molecule has 17 heavy (non-hydrogen) atoms. The monoisotopic (exact) mass is 237 g/mol. The molecule has 0 heterocycles. The van der Waals surface area contributed by atoms with Gasteiger partial charge in [0.1, 0.15) is 0 Å². The van der Waals surface area contributed by atoms with Crippen molar-refractivity contribution in [3.05, 3.63) is 35.9 Å². The first kappa shape index (κ1) is 14.2. The maximum Gasteiger partial charge on any atom is 0.0719 e. The molecule has 1 rings (SSSR count). The normalized spacial score (nSPS) is 12.6. The second-order valence-electron chi connectivity index (χ2n) is 3.95. The first-order valence-corrected chi connectivity index (χ1v) is 6.30. The number of ether oxygens (including phenoxy) is 2. The maximum atomic E-state index is 5.58. The zero-order chi connectivity index (χ0) is 12.3. The highest BCUT2D eigenvalue weighted by Gasteiger charge is 2.05. The average molecular weight is 237 g/mol. The van der Waals surface area contributed by atoms with Crippen LogP contribution in [0.5, 0.6) is 0 Å². The van der Waals surface area contributed by atoms with Gasteiger partial charge in [-0.15, -0.1) is 0 Å². The van der Waals surface area contributed by atoms with Gasteiger partial charge in [0, 0.05) is 19.8 Å². The third kappa shape index (κ3) is 6.41. The summed E-state index contributed by atoms with van der Waals surface area (Å²) in [5, 5.41) is 0. The summed E-state index contributed by atoms with van der Waals surface area (Å²) in [7, 11) is 0. The van der Waals surface area contributed by atoms with Crippen LogP contribution < -0.4 is 5.73 Å². The molecule has 0 radical (unpaired) electrons. The summed E-state index contributed by atoms with van der Waals surface area (Å²) >= 11 is 0. The molecule has 1 aromatic rings. The smallest absolute Gasteiger partial charge is 0.0719 e. The molecule has 0 aromatic heterocycles. The van der Waals surface area contributed by atoms with Crippen molar-refractivity contribution >= 4 is 0 Å². The molecule has 3 heteroatoms. The van der Waals surface area contributed by atoms with Crippen LogP contribution in [0.4, 0.5) is 0 Å². The van der Waals surface area contributed by atoms with E-state index in [4.69, 9.17) is 15.2 Å². The fraction of sp³-hybridized carbons (Fsp3) is 0.571. The van der Waals surface area contributed by atoms with Gasteiger partial charge < -0.3 is 15.2 Å². The number of rotatable bonds is 9. The molecular formula is C14H23NO2. The highest BCUT2D eigenvalue weighted by Crippen LogP contribution is 2.01. The molecule has 0 fully saturated rings. The Labute approximate surface area is 104 Å². The quantitative estimate of drug-likeness (QED) is 0.668. The molecule has 0 aliphatic carbocycles. The van der Waals surface area contributed by atoms with Crippen molar-refractivity contribution in [1.29, 1.82) is 0 Å². The summed E-state index contributed by atoms with van der Waals surface area (Å²) in [6.45, 7) is 4.74. The Balaban J connectivity index is 2.04. The zero-order valence-electron chi connectivity index (χ0n) is 10.6. The van der Waals surface area contributed by atoms with E-state index in [1.54, 1.807) is 0 Å². The molecule has 3 nitrogen and oxygen atoms in total. The van der Waals surface area contributed by atoms with E-state index in [1.165, 1.54) is 5.56 Å². The van der Waals surface area contributed by atoms with Crippen LogP contribution in [-0.4, -0.2) is 32.5 Å². The molecule has 0 spiro atoms. The van der Waals surface area contributed by atoms with E-state index >= 15 is 0 Å². The Bertz CT molecular complexity index is 277. The lowest BCUT2D eigenvalue weighted by molar-refractivity contribution is 0.0332. The molecule has 0 saturated carbocycles. The largest absolute Gasteiger partial charge is 0.381 e. The molecule has 0 amide bonds. The molecule has 0 aliphatic heterocycles. The van der Waals surface area contributed by atoms with Crippen molar-refractivity contribution in [2.45, 2.75) is 25.9 Å². The second kappa shape index (κ2) is 9.16. The van der Waals surface area contributed by atoms with Crippen LogP contribution in [0.3, 0.4) is 0 Å². The van der Waals surface area contributed by atoms with E-state index in [0.29, 0.717) is 19.8 Å². The Morgan fingerprint density at radius 1 is 1.18 bits per heavy atom. The van der Waals surface area contributed by atoms with Crippen LogP contribution >= 0.6 is 0 Å². The summed E-state index contributed by atoms with van der Waals surface area (Å²) in [6.07, 6.45) is 1.97. The minimum absolute atomic E-state index is 0.136. The van der Waals surface area contributed by atoms with Crippen LogP contribution in [0.1, 0.15) is 18.9 Å². The summed E-state index contributed by atoms with van der Waals surface area (Å²) in [5.74, 6) is 0. The lowest BCUT2D eigenvalue weighted by Gasteiger charge is -2.14. The summed E-state index contributed by atoms with van der Waals surface area (Å²) in [6, 6.07) is 10.4. The van der Waals surface area contributed by atoms with Gasteiger partial charge >= 0.3 is 0 Å². The van der Waals surface area contributed by atoms with Crippen LogP contribution in [0.15, 0.2) is 30.3 Å². The van der Waals surface area contributed by atoms with Gasteiger partial charge in [0.2, 0.25) is 0 Å². The molecule has 2 N–H and O–H groups in total. The van der Waals surface area contributed by atoms with Gasteiger partial charge in [-0.05, 0) is 25.3 Å². The SMILES string of the molecule is CCOC(CN)CCOCCc1ccccc1. The first-order chi connectivity index (χ1) is 8.36. The van der Waals surface area contributed by atoms with Crippen LogP contribution in [0.25, 0.3) is 0 Å². The predicted octanol–water partition coefficient (Wildman–Crippen LogP) is 2.00. The standard InChI is InChI=1S/C14H23NO2/c1-2-17-14(12-15)9-11-16-10-8-13-6-4-3-5-7-13/h3-7,14H,2,8-12,15H2,1H3. The molecule has 1 aromatic carbocycles. The Kier molecular flexibility index (Phi) is 7.63. The molecule has 0 bridgehead atoms. The fourth-order valence-corrected chi connectivity index (χ4v) is 1.66. The van der Waals surface area contributed by atoms with Crippen molar-refractivity contribution in [1.82, 2.24) is 0 Å².